The molecule has 0 saturated heterocycles. The van der Waals surface area contributed by atoms with Crippen LogP contribution in [0.3, 0.4) is 0 Å². The Balaban J connectivity index is 2.57. The first-order valence-corrected chi connectivity index (χ1v) is 6.20. The quantitative estimate of drug-likeness (QED) is 0.793. The van der Waals surface area contributed by atoms with Crippen LogP contribution in [0, 0.1) is 0 Å². The lowest BCUT2D eigenvalue weighted by Gasteiger charge is -2.15. The molecule has 0 aliphatic carbocycles. The number of fused-ring (bicyclic) bond motifs is 1. The molecule has 2 aromatic rings. The first-order valence-electron chi connectivity index (χ1n) is 5.83. The van der Waals surface area contributed by atoms with Crippen molar-refractivity contribution in [2.45, 2.75) is 13.0 Å². The van der Waals surface area contributed by atoms with Gasteiger partial charge in [0.05, 0.1) is 17.1 Å². The summed E-state index contributed by atoms with van der Waals surface area (Å²) in [6.45, 7) is 2.38. The van der Waals surface area contributed by atoms with Gasteiger partial charge in [-0.3, -0.25) is 0 Å². The minimum Gasteiger partial charge on any atom is -0.395 e. The van der Waals surface area contributed by atoms with E-state index in [1.807, 2.05) is 25.1 Å². The van der Waals surface area contributed by atoms with E-state index < -0.39 is 0 Å². The molecule has 0 unspecified atom stereocenters. The highest BCUT2D eigenvalue weighted by Crippen LogP contribution is 2.28. The third kappa shape index (κ3) is 2.56. The molecule has 1 atom stereocenters. The number of rotatable bonds is 4. The van der Waals surface area contributed by atoms with Crippen LogP contribution in [-0.2, 0) is 0 Å². The van der Waals surface area contributed by atoms with Crippen LogP contribution >= 0.6 is 11.6 Å². The molecule has 0 fully saturated rings. The fraction of sp³-hybridized carbons (Fsp3) is 0.308. The van der Waals surface area contributed by atoms with Crippen LogP contribution in [-0.4, -0.2) is 23.2 Å². The number of nitrogens with two attached hydrogens (primary N) is 1. The Bertz CT molecular complexity index is 557. The molecule has 0 spiro atoms. The van der Waals surface area contributed by atoms with Crippen molar-refractivity contribution in [2.24, 2.45) is 5.73 Å². The van der Waals surface area contributed by atoms with E-state index in [1.54, 1.807) is 6.07 Å². The number of aliphatic hydroxyl groups excluding tert-OH is 1. The average molecular weight is 266 g/mol. The lowest BCUT2D eigenvalue weighted by molar-refractivity contribution is 0.311. The zero-order valence-corrected chi connectivity index (χ0v) is 10.9. The molecule has 0 amide bonds. The molecule has 4 N–H and O–H groups in total. The van der Waals surface area contributed by atoms with Crippen LogP contribution < -0.4 is 11.1 Å². The molecule has 1 aromatic carbocycles. The van der Waals surface area contributed by atoms with Crippen LogP contribution in [0.4, 0.5) is 5.82 Å². The minimum absolute atomic E-state index is 0.0423. The van der Waals surface area contributed by atoms with E-state index >= 15 is 0 Å². The van der Waals surface area contributed by atoms with Crippen LogP contribution in [0.2, 0.25) is 5.02 Å². The number of aliphatic hydroxyl groups is 1. The zero-order valence-electron chi connectivity index (χ0n) is 10.2. The molecule has 2 rings (SSSR count). The number of pyridine rings is 1. The maximum absolute atomic E-state index is 8.88. The van der Waals surface area contributed by atoms with E-state index in [4.69, 9.17) is 22.4 Å². The van der Waals surface area contributed by atoms with Gasteiger partial charge in [0, 0.05) is 23.5 Å². The summed E-state index contributed by atoms with van der Waals surface area (Å²) in [6.07, 6.45) is 0. The van der Waals surface area contributed by atoms with Gasteiger partial charge in [-0.25, -0.2) is 4.98 Å². The molecule has 0 saturated carbocycles. The fourth-order valence-corrected chi connectivity index (χ4v) is 2.07. The number of aromatic nitrogens is 1. The zero-order chi connectivity index (χ0) is 13.1. The van der Waals surface area contributed by atoms with E-state index in [1.165, 1.54) is 0 Å². The van der Waals surface area contributed by atoms with Crippen molar-refractivity contribution in [1.82, 2.24) is 4.98 Å². The van der Waals surface area contributed by atoms with Gasteiger partial charge in [-0.15, -0.1) is 0 Å². The SMILES string of the molecule is C[C@H](N)c1cc2cccc(Cl)c2nc1NCCO. The highest BCUT2D eigenvalue weighted by Gasteiger charge is 2.11. The number of hydrogen-bond acceptors (Lipinski definition) is 4. The Morgan fingerprint density at radius 3 is 2.94 bits per heavy atom. The van der Waals surface area contributed by atoms with Gasteiger partial charge >= 0.3 is 0 Å². The average Bonchev–Trinajstić information content (AvgIpc) is 2.36. The molecular formula is C13H16ClN3O. The normalized spacial score (nSPS) is 12.7. The van der Waals surface area contributed by atoms with Crippen molar-refractivity contribution in [3.8, 4) is 0 Å². The number of halogens is 1. The first-order chi connectivity index (χ1) is 8.63. The second-order valence-corrected chi connectivity index (χ2v) is 4.58. The van der Waals surface area contributed by atoms with E-state index in [-0.39, 0.29) is 12.6 Å². The lowest BCUT2D eigenvalue weighted by atomic mass is 10.1. The second-order valence-electron chi connectivity index (χ2n) is 4.18. The van der Waals surface area contributed by atoms with E-state index in [0.717, 1.165) is 16.5 Å². The molecule has 0 radical (unpaired) electrons. The summed E-state index contributed by atoms with van der Waals surface area (Å²) in [5.74, 6) is 0.680. The van der Waals surface area contributed by atoms with Crippen LogP contribution in [0.15, 0.2) is 24.3 Å². The van der Waals surface area contributed by atoms with Gasteiger partial charge < -0.3 is 16.2 Å². The van der Waals surface area contributed by atoms with Crippen LogP contribution in [0.1, 0.15) is 18.5 Å². The first kappa shape index (κ1) is 13.1. The molecule has 1 aromatic heterocycles. The third-order valence-corrected chi connectivity index (χ3v) is 3.03. The molecule has 1 heterocycles. The summed E-state index contributed by atoms with van der Waals surface area (Å²) in [5, 5.41) is 13.5. The summed E-state index contributed by atoms with van der Waals surface area (Å²) in [4.78, 5) is 4.50. The second kappa shape index (κ2) is 5.52. The highest BCUT2D eigenvalue weighted by atomic mass is 35.5. The highest BCUT2D eigenvalue weighted by molar-refractivity contribution is 6.35. The van der Waals surface area contributed by atoms with Gasteiger partial charge in [0.15, 0.2) is 0 Å². The Kier molecular flexibility index (Phi) is 4.01. The predicted molar refractivity (Wildman–Crippen MR) is 74.9 cm³/mol. The number of benzene rings is 1. The number of nitrogens with zero attached hydrogens (tertiary/aromatic N) is 1. The van der Waals surface area contributed by atoms with Gasteiger partial charge in [0.25, 0.3) is 0 Å². The monoisotopic (exact) mass is 265 g/mol. The molecular weight excluding hydrogens is 250 g/mol. The van der Waals surface area contributed by atoms with Crippen LogP contribution in [0.5, 0.6) is 0 Å². The third-order valence-electron chi connectivity index (χ3n) is 2.72. The lowest BCUT2D eigenvalue weighted by Crippen LogP contribution is -2.14. The Labute approximate surface area is 111 Å². The number of nitrogens with one attached hydrogen (secondary N) is 1. The van der Waals surface area contributed by atoms with Gasteiger partial charge in [-0.2, -0.15) is 0 Å². The summed E-state index contributed by atoms with van der Waals surface area (Å²) >= 11 is 6.12. The molecule has 5 heteroatoms. The van der Waals surface area contributed by atoms with Crippen molar-refractivity contribution in [2.75, 3.05) is 18.5 Å². The van der Waals surface area contributed by atoms with Gasteiger partial charge in [0.1, 0.15) is 5.82 Å². The summed E-state index contributed by atoms with van der Waals surface area (Å²) in [7, 11) is 0. The fourth-order valence-electron chi connectivity index (χ4n) is 1.84. The largest absolute Gasteiger partial charge is 0.395 e. The van der Waals surface area contributed by atoms with Crippen molar-refractivity contribution >= 4 is 28.3 Å². The van der Waals surface area contributed by atoms with Crippen LogP contribution in [0.25, 0.3) is 10.9 Å². The Morgan fingerprint density at radius 1 is 1.50 bits per heavy atom. The molecule has 4 nitrogen and oxygen atoms in total. The van der Waals surface area contributed by atoms with Crippen molar-refractivity contribution in [3.05, 3.63) is 34.9 Å². The van der Waals surface area contributed by atoms with Crippen molar-refractivity contribution in [3.63, 3.8) is 0 Å². The number of anilines is 1. The van der Waals surface area contributed by atoms with E-state index in [2.05, 4.69) is 10.3 Å². The summed E-state index contributed by atoms with van der Waals surface area (Å²) in [6, 6.07) is 7.49. The Morgan fingerprint density at radius 2 is 2.28 bits per heavy atom. The Hall–Kier alpha value is -1.36. The summed E-state index contributed by atoms with van der Waals surface area (Å²) < 4.78 is 0. The van der Waals surface area contributed by atoms with Crippen molar-refractivity contribution < 1.29 is 5.11 Å². The maximum atomic E-state index is 8.88. The van der Waals surface area contributed by atoms with E-state index in [0.29, 0.717) is 17.4 Å². The molecule has 96 valence electrons. The standard InChI is InChI=1S/C13H16ClN3O/c1-8(15)10-7-9-3-2-4-11(14)12(9)17-13(10)16-5-6-18/h2-4,7-8,18H,5-6,15H2,1H3,(H,16,17)/t8-/m0/s1. The van der Waals surface area contributed by atoms with E-state index in [9.17, 15) is 0 Å². The summed E-state index contributed by atoms with van der Waals surface area (Å²) in [5.41, 5.74) is 7.59. The van der Waals surface area contributed by atoms with Crippen molar-refractivity contribution in [1.29, 1.82) is 0 Å². The molecule has 0 aliphatic heterocycles. The van der Waals surface area contributed by atoms with Gasteiger partial charge in [-0.05, 0) is 19.1 Å². The molecule has 0 bridgehead atoms. The van der Waals surface area contributed by atoms with Gasteiger partial charge in [0.2, 0.25) is 0 Å². The molecule has 18 heavy (non-hydrogen) atoms. The predicted octanol–water partition coefficient (Wildman–Crippen LogP) is 2.31. The number of hydrogen-bond donors (Lipinski definition) is 3. The topological polar surface area (TPSA) is 71.2 Å². The minimum atomic E-state index is -0.137. The maximum Gasteiger partial charge on any atom is 0.131 e. The van der Waals surface area contributed by atoms with Gasteiger partial charge in [-0.1, -0.05) is 23.7 Å². The molecule has 0 aliphatic rings. The smallest absolute Gasteiger partial charge is 0.131 e. The number of para-hydroxylation sites is 1.